The third-order valence-corrected chi connectivity index (χ3v) is 1.58. The third kappa shape index (κ3) is 9.64. The first-order valence-electron chi connectivity index (χ1n) is 5.04. The minimum absolute atomic E-state index is 0.119. The predicted octanol–water partition coefficient (Wildman–Crippen LogP) is 2.51. The Morgan fingerprint density at radius 1 is 1.12 bits per heavy atom. The van der Waals surface area contributed by atoms with E-state index in [-0.39, 0.29) is 6.61 Å². The molecule has 0 saturated carbocycles. The molecule has 5 heteroatoms. The minimum Gasteiger partial charge on any atom is -0.215 e. The second-order valence-corrected chi connectivity index (χ2v) is 4.77. The molecule has 0 aliphatic carbocycles. The normalized spacial score (nSPS) is 10.4. The second-order valence-electron chi connectivity index (χ2n) is 3.23. The summed E-state index contributed by atoms with van der Waals surface area (Å²) < 4.78 is 25.1. The standard InChI is InChI=1S/C8H10O4S.C3H8/c1-13(9,10)12-11-7-8-5-3-2-4-6-8;1-3-2/h2-6H,7H2,1H3;3H2,1-2H3. The molecular weight excluding hydrogens is 228 g/mol. The van der Waals surface area contributed by atoms with Crippen molar-refractivity contribution in [3.8, 4) is 0 Å². The van der Waals surface area contributed by atoms with Gasteiger partial charge in [0.05, 0.1) is 6.26 Å². The molecule has 0 aromatic heterocycles. The summed E-state index contributed by atoms with van der Waals surface area (Å²) in [5, 5.41) is 0. The van der Waals surface area contributed by atoms with Gasteiger partial charge in [0.1, 0.15) is 6.61 Å². The molecule has 0 spiro atoms. The molecule has 4 nitrogen and oxygen atoms in total. The van der Waals surface area contributed by atoms with Crippen LogP contribution in [-0.4, -0.2) is 14.7 Å². The molecule has 0 saturated heterocycles. The van der Waals surface area contributed by atoms with Crippen molar-refractivity contribution in [2.75, 3.05) is 6.26 Å². The Kier molecular flexibility index (Phi) is 7.80. The van der Waals surface area contributed by atoms with Crippen LogP contribution in [0.3, 0.4) is 0 Å². The Balaban J connectivity index is 0.000000673. The first kappa shape index (κ1) is 15.1. The van der Waals surface area contributed by atoms with Crippen molar-refractivity contribution < 1.29 is 17.6 Å². The van der Waals surface area contributed by atoms with Gasteiger partial charge < -0.3 is 0 Å². The van der Waals surface area contributed by atoms with E-state index in [0.717, 1.165) is 11.8 Å². The molecule has 0 fully saturated rings. The van der Waals surface area contributed by atoms with Crippen LogP contribution < -0.4 is 0 Å². The zero-order valence-electron chi connectivity index (χ0n) is 9.84. The lowest BCUT2D eigenvalue weighted by atomic mass is 10.2. The van der Waals surface area contributed by atoms with Gasteiger partial charge in [-0.1, -0.05) is 50.6 Å². The predicted molar refractivity (Wildman–Crippen MR) is 63.1 cm³/mol. The monoisotopic (exact) mass is 246 g/mol. The highest BCUT2D eigenvalue weighted by molar-refractivity contribution is 7.85. The smallest absolute Gasteiger partial charge is 0.215 e. The SMILES string of the molecule is CCC.CS(=O)(=O)OOCc1ccccc1. The summed E-state index contributed by atoms with van der Waals surface area (Å²) in [6.45, 7) is 4.37. The summed E-state index contributed by atoms with van der Waals surface area (Å²) in [5.41, 5.74) is 0.853. The minimum atomic E-state index is -3.52. The topological polar surface area (TPSA) is 52.6 Å². The summed E-state index contributed by atoms with van der Waals surface area (Å²) in [4.78, 5) is 4.50. The molecule has 0 aliphatic rings. The molecule has 0 atom stereocenters. The molecule has 1 aromatic rings. The summed E-state index contributed by atoms with van der Waals surface area (Å²) >= 11 is 0. The van der Waals surface area contributed by atoms with Gasteiger partial charge >= 0.3 is 0 Å². The Labute approximate surface area is 97.3 Å². The van der Waals surface area contributed by atoms with Gasteiger partial charge in [0.15, 0.2) is 0 Å². The van der Waals surface area contributed by atoms with Crippen LogP contribution in [0.2, 0.25) is 0 Å². The highest BCUT2D eigenvalue weighted by Gasteiger charge is 2.01. The highest BCUT2D eigenvalue weighted by atomic mass is 32.2. The van der Waals surface area contributed by atoms with E-state index in [1.165, 1.54) is 6.42 Å². The van der Waals surface area contributed by atoms with Crippen molar-refractivity contribution in [1.82, 2.24) is 0 Å². The molecule has 0 N–H and O–H groups in total. The van der Waals surface area contributed by atoms with E-state index in [9.17, 15) is 8.42 Å². The Hall–Kier alpha value is -0.910. The van der Waals surface area contributed by atoms with Gasteiger partial charge in [0, 0.05) is 0 Å². The highest BCUT2D eigenvalue weighted by Crippen LogP contribution is 2.01. The number of hydrogen-bond donors (Lipinski definition) is 0. The number of benzene rings is 1. The molecule has 0 unspecified atom stereocenters. The number of rotatable bonds is 4. The second kappa shape index (κ2) is 8.27. The fourth-order valence-corrected chi connectivity index (χ4v) is 0.977. The van der Waals surface area contributed by atoms with Crippen LogP contribution in [0.4, 0.5) is 0 Å². The zero-order valence-corrected chi connectivity index (χ0v) is 10.7. The van der Waals surface area contributed by atoms with Crippen LogP contribution in [0.5, 0.6) is 0 Å². The van der Waals surface area contributed by atoms with Crippen molar-refractivity contribution in [3.63, 3.8) is 0 Å². The molecule has 0 bridgehead atoms. The summed E-state index contributed by atoms with van der Waals surface area (Å²) in [7, 11) is -3.52. The molecule has 1 aromatic carbocycles. The van der Waals surface area contributed by atoms with E-state index in [1.807, 2.05) is 30.3 Å². The maximum atomic E-state index is 10.5. The summed E-state index contributed by atoms with van der Waals surface area (Å²) in [6, 6.07) is 9.15. The van der Waals surface area contributed by atoms with Crippen molar-refractivity contribution in [3.05, 3.63) is 35.9 Å². The third-order valence-electron chi connectivity index (χ3n) is 1.24. The van der Waals surface area contributed by atoms with Crippen LogP contribution in [0.1, 0.15) is 25.8 Å². The molecular formula is C11H18O4S. The van der Waals surface area contributed by atoms with Gasteiger partial charge in [0.25, 0.3) is 10.1 Å². The van der Waals surface area contributed by atoms with Crippen LogP contribution in [0.15, 0.2) is 30.3 Å². The van der Waals surface area contributed by atoms with E-state index >= 15 is 0 Å². The van der Waals surface area contributed by atoms with Gasteiger partial charge in [-0.15, -0.1) is 4.33 Å². The Bertz CT molecular complexity index is 359. The Morgan fingerprint density at radius 3 is 2.06 bits per heavy atom. The van der Waals surface area contributed by atoms with Crippen molar-refractivity contribution >= 4 is 10.1 Å². The van der Waals surface area contributed by atoms with E-state index < -0.39 is 10.1 Å². The van der Waals surface area contributed by atoms with Crippen LogP contribution >= 0.6 is 0 Å². The fraction of sp³-hybridized carbons (Fsp3) is 0.455. The van der Waals surface area contributed by atoms with E-state index in [4.69, 9.17) is 0 Å². The zero-order chi connectivity index (χ0) is 12.4. The summed E-state index contributed by atoms with van der Waals surface area (Å²) in [5.74, 6) is 0. The molecule has 0 heterocycles. The lowest BCUT2D eigenvalue weighted by molar-refractivity contribution is -0.211. The molecule has 0 radical (unpaired) electrons. The first-order valence-corrected chi connectivity index (χ1v) is 6.86. The average Bonchev–Trinajstić information content (AvgIpc) is 2.18. The molecule has 1 rings (SSSR count). The molecule has 0 aliphatic heterocycles. The van der Waals surface area contributed by atoms with E-state index in [2.05, 4.69) is 23.1 Å². The maximum absolute atomic E-state index is 10.5. The van der Waals surface area contributed by atoms with Crippen LogP contribution in [0.25, 0.3) is 0 Å². The van der Waals surface area contributed by atoms with Gasteiger partial charge in [-0.2, -0.15) is 8.42 Å². The van der Waals surface area contributed by atoms with Crippen LogP contribution in [-0.2, 0) is 25.9 Å². The lowest BCUT2D eigenvalue weighted by Gasteiger charge is -2.00. The van der Waals surface area contributed by atoms with Gasteiger partial charge in [-0.3, -0.25) is 0 Å². The van der Waals surface area contributed by atoms with Crippen molar-refractivity contribution in [2.45, 2.75) is 26.9 Å². The van der Waals surface area contributed by atoms with Crippen LogP contribution in [0, 0.1) is 0 Å². The first-order chi connectivity index (χ1) is 7.49. The quantitative estimate of drug-likeness (QED) is 0.605. The summed E-state index contributed by atoms with van der Waals surface area (Å²) in [6.07, 6.45) is 2.18. The fourth-order valence-electron chi connectivity index (χ4n) is 0.754. The lowest BCUT2D eigenvalue weighted by Crippen LogP contribution is -2.03. The van der Waals surface area contributed by atoms with E-state index in [0.29, 0.717) is 0 Å². The van der Waals surface area contributed by atoms with Crippen molar-refractivity contribution in [1.29, 1.82) is 0 Å². The van der Waals surface area contributed by atoms with Gasteiger partial charge in [-0.05, 0) is 5.56 Å². The molecule has 16 heavy (non-hydrogen) atoms. The molecule has 92 valence electrons. The maximum Gasteiger partial charge on any atom is 0.290 e. The Morgan fingerprint density at radius 2 is 1.62 bits per heavy atom. The number of hydrogen-bond acceptors (Lipinski definition) is 4. The average molecular weight is 246 g/mol. The van der Waals surface area contributed by atoms with Gasteiger partial charge in [-0.25, -0.2) is 4.89 Å². The largest absolute Gasteiger partial charge is 0.290 e. The van der Waals surface area contributed by atoms with Crippen molar-refractivity contribution in [2.24, 2.45) is 0 Å². The van der Waals surface area contributed by atoms with Gasteiger partial charge in [0.2, 0.25) is 0 Å². The van der Waals surface area contributed by atoms with E-state index in [1.54, 1.807) is 0 Å². The molecule has 0 amide bonds.